The molecule has 28 heavy (non-hydrogen) atoms. The summed E-state index contributed by atoms with van der Waals surface area (Å²) < 4.78 is 7.40. The molecule has 0 bridgehead atoms. The Hall–Kier alpha value is -3.23. The Labute approximate surface area is 161 Å². The van der Waals surface area contributed by atoms with Gasteiger partial charge in [-0.3, -0.25) is 10.1 Å². The number of benzene rings is 1. The van der Waals surface area contributed by atoms with Gasteiger partial charge in [0, 0.05) is 17.8 Å². The van der Waals surface area contributed by atoms with Gasteiger partial charge in [-0.15, -0.1) is 0 Å². The Balaban J connectivity index is 1.69. The molecule has 0 radical (unpaired) electrons. The van der Waals surface area contributed by atoms with Crippen LogP contribution in [0.25, 0.3) is 0 Å². The first-order valence-corrected chi connectivity index (χ1v) is 9.37. The minimum Gasteiger partial charge on any atom is -0.459 e. The number of aromatic nitrogens is 3. The number of allylic oxidation sites excluding steroid dienone is 1. The van der Waals surface area contributed by atoms with Crippen molar-refractivity contribution < 1.29 is 14.5 Å². The maximum atomic E-state index is 13.1. The number of rotatable bonds is 4. The molecule has 1 N–H and O–H groups in total. The summed E-state index contributed by atoms with van der Waals surface area (Å²) in [6.45, 7) is 1.80. The second-order valence-electron chi connectivity index (χ2n) is 7.11. The van der Waals surface area contributed by atoms with Gasteiger partial charge in [0.2, 0.25) is 5.95 Å². The summed E-state index contributed by atoms with van der Waals surface area (Å²) >= 11 is 0. The van der Waals surface area contributed by atoms with Crippen LogP contribution in [-0.4, -0.2) is 31.8 Å². The van der Waals surface area contributed by atoms with Gasteiger partial charge in [-0.25, -0.2) is 9.48 Å². The third-order valence-electron chi connectivity index (χ3n) is 5.26. The minimum atomic E-state index is -0.560. The molecule has 2 aromatic rings. The fourth-order valence-corrected chi connectivity index (χ4v) is 3.84. The molecule has 0 amide bonds. The van der Waals surface area contributed by atoms with E-state index in [0.29, 0.717) is 22.8 Å². The maximum absolute atomic E-state index is 13.1. The summed E-state index contributed by atoms with van der Waals surface area (Å²) in [4.78, 5) is 27.8. The fourth-order valence-electron chi connectivity index (χ4n) is 3.84. The van der Waals surface area contributed by atoms with Crippen molar-refractivity contribution in [1.82, 2.24) is 14.8 Å². The highest BCUT2D eigenvalue weighted by Crippen LogP contribution is 2.36. The summed E-state index contributed by atoms with van der Waals surface area (Å²) in [5.41, 5.74) is 1.78. The lowest BCUT2D eigenvalue weighted by Gasteiger charge is -2.30. The summed E-state index contributed by atoms with van der Waals surface area (Å²) in [6.07, 6.45) is 6.38. The smallest absolute Gasteiger partial charge is 0.338 e. The molecule has 146 valence electrons. The van der Waals surface area contributed by atoms with Gasteiger partial charge >= 0.3 is 5.97 Å². The standard InChI is InChI=1S/C19H21N5O4/c1-12-16(18(25)28-15-5-3-2-4-6-15)17(23-19(22-12)20-11-21-23)13-7-9-14(10-8-13)24(26)27/h7-11,15,17H,2-6H2,1H3,(H,20,21,22)/t17-/m1/s1. The number of nitro groups is 1. The second-order valence-corrected chi connectivity index (χ2v) is 7.11. The molecular weight excluding hydrogens is 362 g/mol. The molecule has 1 atom stereocenters. The molecule has 2 aliphatic rings. The number of hydrogen-bond acceptors (Lipinski definition) is 7. The lowest BCUT2D eigenvalue weighted by molar-refractivity contribution is -0.384. The van der Waals surface area contributed by atoms with E-state index in [0.717, 1.165) is 25.7 Å². The summed E-state index contributed by atoms with van der Waals surface area (Å²) in [6, 6.07) is 5.57. The van der Waals surface area contributed by atoms with Gasteiger partial charge in [0.25, 0.3) is 5.69 Å². The molecule has 1 aromatic carbocycles. The Morgan fingerprint density at radius 3 is 2.64 bits per heavy atom. The van der Waals surface area contributed by atoms with Gasteiger partial charge in [-0.2, -0.15) is 10.1 Å². The largest absolute Gasteiger partial charge is 0.459 e. The van der Waals surface area contributed by atoms with E-state index in [4.69, 9.17) is 4.74 Å². The number of nitrogens with zero attached hydrogens (tertiary/aromatic N) is 4. The molecule has 9 heteroatoms. The van der Waals surface area contributed by atoms with Crippen molar-refractivity contribution in [3.05, 3.63) is 57.5 Å². The van der Waals surface area contributed by atoms with Crippen molar-refractivity contribution >= 4 is 17.6 Å². The SMILES string of the molecule is CC1=C(C(=O)OC2CCCCC2)[C@@H](c2ccc([N+](=O)[O-])cc2)n2ncnc2N1. The number of esters is 1. The minimum absolute atomic E-state index is 0.0106. The zero-order valence-corrected chi connectivity index (χ0v) is 15.5. The van der Waals surface area contributed by atoms with Crippen molar-refractivity contribution in [2.75, 3.05) is 5.32 Å². The fraction of sp³-hybridized carbons (Fsp3) is 0.421. The predicted molar refractivity (Wildman–Crippen MR) is 101 cm³/mol. The van der Waals surface area contributed by atoms with Crippen LogP contribution in [0.1, 0.15) is 50.6 Å². The number of non-ortho nitro benzene ring substituents is 1. The van der Waals surface area contributed by atoms with Crippen molar-refractivity contribution in [3.8, 4) is 0 Å². The highest BCUT2D eigenvalue weighted by atomic mass is 16.6. The Kier molecular flexibility index (Phi) is 4.81. The van der Waals surface area contributed by atoms with Crippen molar-refractivity contribution in [3.63, 3.8) is 0 Å². The average molecular weight is 383 g/mol. The third-order valence-corrected chi connectivity index (χ3v) is 5.26. The number of anilines is 1. The van der Waals surface area contributed by atoms with Crippen molar-refractivity contribution in [2.45, 2.75) is 51.2 Å². The zero-order valence-electron chi connectivity index (χ0n) is 15.5. The lowest BCUT2D eigenvalue weighted by atomic mass is 9.94. The highest BCUT2D eigenvalue weighted by Gasteiger charge is 2.35. The molecule has 9 nitrogen and oxygen atoms in total. The van der Waals surface area contributed by atoms with Crippen LogP contribution in [-0.2, 0) is 9.53 Å². The molecule has 1 aliphatic carbocycles. The van der Waals surface area contributed by atoms with Crippen LogP contribution in [0.3, 0.4) is 0 Å². The highest BCUT2D eigenvalue weighted by molar-refractivity contribution is 5.92. The number of carbonyl (C=O) groups excluding carboxylic acids is 1. The molecule has 1 saturated carbocycles. The topological polar surface area (TPSA) is 112 Å². The number of nitrogens with one attached hydrogen (secondary N) is 1. The van der Waals surface area contributed by atoms with E-state index >= 15 is 0 Å². The van der Waals surface area contributed by atoms with Crippen LogP contribution in [0.15, 0.2) is 41.9 Å². The average Bonchev–Trinajstić information content (AvgIpc) is 3.15. The van der Waals surface area contributed by atoms with E-state index in [2.05, 4.69) is 15.4 Å². The van der Waals surface area contributed by atoms with Crippen LogP contribution in [0, 0.1) is 10.1 Å². The van der Waals surface area contributed by atoms with E-state index in [-0.39, 0.29) is 17.8 Å². The number of hydrogen-bond donors (Lipinski definition) is 1. The van der Waals surface area contributed by atoms with Gasteiger partial charge < -0.3 is 10.1 Å². The number of fused-ring (bicyclic) bond motifs is 1. The van der Waals surface area contributed by atoms with Crippen molar-refractivity contribution in [1.29, 1.82) is 0 Å². The van der Waals surface area contributed by atoms with E-state index in [1.54, 1.807) is 23.7 Å². The predicted octanol–water partition coefficient (Wildman–Crippen LogP) is 3.35. The summed E-state index contributed by atoms with van der Waals surface area (Å²) in [7, 11) is 0. The van der Waals surface area contributed by atoms with Crippen LogP contribution in [0.2, 0.25) is 0 Å². The molecular formula is C19H21N5O4. The van der Waals surface area contributed by atoms with E-state index < -0.39 is 11.0 Å². The molecule has 0 unspecified atom stereocenters. The lowest BCUT2D eigenvalue weighted by Crippen LogP contribution is -2.32. The van der Waals surface area contributed by atoms with E-state index in [1.807, 2.05) is 0 Å². The van der Waals surface area contributed by atoms with Gasteiger partial charge in [-0.05, 0) is 50.3 Å². The van der Waals surface area contributed by atoms with Gasteiger partial charge in [0.15, 0.2) is 0 Å². The van der Waals surface area contributed by atoms with Gasteiger partial charge in [-0.1, -0.05) is 6.42 Å². The first-order valence-electron chi connectivity index (χ1n) is 9.37. The van der Waals surface area contributed by atoms with Crippen LogP contribution >= 0.6 is 0 Å². The van der Waals surface area contributed by atoms with Gasteiger partial charge in [0.05, 0.1) is 10.5 Å². The molecule has 0 saturated heterocycles. The Morgan fingerprint density at radius 1 is 1.25 bits per heavy atom. The number of nitro benzene ring substituents is 1. The first-order chi connectivity index (χ1) is 13.5. The summed E-state index contributed by atoms with van der Waals surface area (Å²) in [5, 5.41) is 18.3. The molecule has 0 spiro atoms. The number of carbonyl (C=O) groups is 1. The molecule has 4 rings (SSSR count). The Bertz CT molecular complexity index is 928. The molecule has 1 aliphatic heterocycles. The first kappa shape index (κ1) is 18.1. The van der Waals surface area contributed by atoms with Crippen molar-refractivity contribution in [2.24, 2.45) is 0 Å². The normalized spacial score (nSPS) is 19.7. The molecule has 2 heterocycles. The second kappa shape index (κ2) is 7.41. The maximum Gasteiger partial charge on any atom is 0.338 e. The third kappa shape index (κ3) is 3.35. The summed E-state index contributed by atoms with van der Waals surface area (Å²) in [5.74, 6) is 0.122. The van der Waals surface area contributed by atoms with Crippen LogP contribution in [0.4, 0.5) is 11.6 Å². The number of ether oxygens (including phenoxy) is 1. The Morgan fingerprint density at radius 2 is 1.96 bits per heavy atom. The zero-order chi connectivity index (χ0) is 19.7. The van der Waals surface area contributed by atoms with Crippen LogP contribution < -0.4 is 5.32 Å². The molecule has 1 fully saturated rings. The van der Waals surface area contributed by atoms with E-state index in [1.165, 1.54) is 24.9 Å². The van der Waals surface area contributed by atoms with Gasteiger partial charge in [0.1, 0.15) is 18.5 Å². The quantitative estimate of drug-likeness (QED) is 0.489. The molecule has 1 aromatic heterocycles. The monoisotopic (exact) mass is 383 g/mol. The van der Waals surface area contributed by atoms with Crippen LogP contribution in [0.5, 0.6) is 0 Å². The van der Waals surface area contributed by atoms with E-state index in [9.17, 15) is 14.9 Å².